The van der Waals surface area contributed by atoms with Crippen molar-refractivity contribution < 1.29 is 0 Å². The van der Waals surface area contributed by atoms with E-state index in [0.29, 0.717) is 12.5 Å². The Balaban J connectivity index is 1.87. The third kappa shape index (κ3) is 1.86. The predicted molar refractivity (Wildman–Crippen MR) is 66.8 cm³/mol. The molecule has 90 valence electrons. The molecule has 5 heteroatoms. The molecule has 1 aliphatic rings. The number of nitrogens with one attached hydrogen (secondary N) is 1. The predicted octanol–water partition coefficient (Wildman–Crippen LogP) is 1.27. The third-order valence-electron chi connectivity index (χ3n) is 3.57. The number of anilines is 1. The molecule has 0 spiro atoms. The second-order valence-electron chi connectivity index (χ2n) is 4.97. The minimum absolute atomic E-state index is 0.0363. The molecule has 1 fully saturated rings. The van der Waals surface area contributed by atoms with E-state index < -0.39 is 0 Å². The first-order valence-corrected chi connectivity index (χ1v) is 6.00. The minimum atomic E-state index is -0.0363. The van der Waals surface area contributed by atoms with Gasteiger partial charge in [0, 0.05) is 18.8 Å². The van der Waals surface area contributed by atoms with Gasteiger partial charge in [0.2, 0.25) is 0 Å². The molecular formula is C12H17N5. The molecule has 2 heterocycles. The van der Waals surface area contributed by atoms with Crippen molar-refractivity contribution in [2.24, 2.45) is 11.7 Å². The Labute approximate surface area is 100 Å². The van der Waals surface area contributed by atoms with Gasteiger partial charge >= 0.3 is 0 Å². The van der Waals surface area contributed by atoms with Crippen LogP contribution in [0, 0.1) is 5.92 Å². The van der Waals surface area contributed by atoms with Crippen LogP contribution >= 0.6 is 0 Å². The Bertz CT molecular complexity index is 530. The molecule has 3 N–H and O–H groups in total. The maximum atomic E-state index is 5.88. The van der Waals surface area contributed by atoms with Crippen molar-refractivity contribution in [1.29, 1.82) is 0 Å². The largest absolute Gasteiger partial charge is 0.363 e. The van der Waals surface area contributed by atoms with E-state index in [0.717, 1.165) is 11.5 Å². The Morgan fingerprint density at radius 3 is 3.06 bits per heavy atom. The second kappa shape index (κ2) is 3.70. The van der Waals surface area contributed by atoms with Crippen molar-refractivity contribution in [3.05, 3.63) is 24.5 Å². The lowest BCUT2D eigenvalue weighted by molar-refractivity contribution is 0.458. The van der Waals surface area contributed by atoms with E-state index in [2.05, 4.69) is 22.3 Å². The van der Waals surface area contributed by atoms with Gasteiger partial charge in [-0.25, -0.2) is 9.50 Å². The van der Waals surface area contributed by atoms with Gasteiger partial charge in [-0.1, -0.05) is 0 Å². The van der Waals surface area contributed by atoms with Crippen molar-refractivity contribution in [2.75, 3.05) is 11.9 Å². The van der Waals surface area contributed by atoms with Crippen LogP contribution in [0.25, 0.3) is 5.65 Å². The fourth-order valence-corrected chi connectivity index (χ4v) is 2.21. The van der Waals surface area contributed by atoms with E-state index in [4.69, 9.17) is 5.73 Å². The second-order valence-corrected chi connectivity index (χ2v) is 4.97. The average molecular weight is 231 g/mol. The summed E-state index contributed by atoms with van der Waals surface area (Å²) in [6.45, 7) is 2.80. The monoisotopic (exact) mass is 231 g/mol. The molecule has 0 radical (unpaired) electrons. The molecule has 0 bridgehead atoms. The van der Waals surface area contributed by atoms with Crippen molar-refractivity contribution >= 4 is 11.5 Å². The molecule has 1 saturated carbocycles. The molecule has 2 aromatic rings. The lowest BCUT2D eigenvalue weighted by atomic mass is 9.96. The summed E-state index contributed by atoms with van der Waals surface area (Å²) in [5, 5.41) is 7.60. The first-order valence-electron chi connectivity index (χ1n) is 6.00. The summed E-state index contributed by atoms with van der Waals surface area (Å²) in [6, 6.07) is 3.83. The van der Waals surface area contributed by atoms with Crippen LogP contribution in [-0.2, 0) is 0 Å². The van der Waals surface area contributed by atoms with Gasteiger partial charge in [0.15, 0.2) is 5.65 Å². The SMILES string of the molecule is CC(CN)(Nc1ccn2nccc2n1)C1CC1. The fourth-order valence-electron chi connectivity index (χ4n) is 2.21. The lowest BCUT2D eigenvalue weighted by Crippen LogP contribution is -2.44. The van der Waals surface area contributed by atoms with Crippen LogP contribution in [-0.4, -0.2) is 26.7 Å². The third-order valence-corrected chi connectivity index (χ3v) is 3.57. The van der Waals surface area contributed by atoms with Gasteiger partial charge in [-0.3, -0.25) is 0 Å². The number of fused-ring (bicyclic) bond motifs is 1. The minimum Gasteiger partial charge on any atom is -0.363 e. The van der Waals surface area contributed by atoms with Crippen molar-refractivity contribution in [3.8, 4) is 0 Å². The van der Waals surface area contributed by atoms with Crippen LogP contribution in [0.15, 0.2) is 24.5 Å². The molecule has 0 aromatic carbocycles. The summed E-state index contributed by atoms with van der Waals surface area (Å²) in [6.07, 6.45) is 6.18. The molecule has 5 nitrogen and oxygen atoms in total. The van der Waals surface area contributed by atoms with Gasteiger partial charge in [0.05, 0.1) is 11.7 Å². The zero-order chi connectivity index (χ0) is 11.9. The highest BCUT2D eigenvalue weighted by molar-refractivity contribution is 5.47. The normalized spacial score (nSPS) is 19.2. The number of nitrogens with two attached hydrogens (primary N) is 1. The molecule has 0 aliphatic heterocycles. The van der Waals surface area contributed by atoms with E-state index in [-0.39, 0.29) is 5.54 Å². The molecule has 1 unspecified atom stereocenters. The van der Waals surface area contributed by atoms with Gasteiger partial charge in [0.1, 0.15) is 5.82 Å². The molecule has 0 amide bonds. The van der Waals surface area contributed by atoms with Crippen molar-refractivity contribution in [3.63, 3.8) is 0 Å². The molecule has 2 aromatic heterocycles. The Hall–Kier alpha value is -1.62. The maximum absolute atomic E-state index is 5.88. The summed E-state index contributed by atoms with van der Waals surface area (Å²) in [4.78, 5) is 4.51. The fraction of sp³-hybridized carbons (Fsp3) is 0.500. The van der Waals surface area contributed by atoms with Crippen LogP contribution in [0.2, 0.25) is 0 Å². The topological polar surface area (TPSA) is 68.2 Å². The van der Waals surface area contributed by atoms with E-state index in [9.17, 15) is 0 Å². The average Bonchev–Trinajstić information content (AvgIpc) is 3.09. The zero-order valence-electron chi connectivity index (χ0n) is 9.93. The van der Waals surface area contributed by atoms with Crippen LogP contribution in [0.5, 0.6) is 0 Å². The highest BCUT2D eigenvalue weighted by Crippen LogP contribution is 2.40. The Morgan fingerprint density at radius 2 is 2.35 bits per heavy atom. The summed E-state index contributed by atoms with van der Waals surface area (Å²) >= 11 is 0. The Morgan fingerprint density at radius 1 is 1.53 bits per heavy atom. The van der Waals surface area contributed by atoms with Crippen molar-refractivity contribution in [2.45, 2.75) is 25.3 Å². The van der Waals surface area contributed by atoms with Gasteiger partial charge in [0.25, 0.3) is 0 Å². The van der Waals surface area contributed by atoms with Crippen LogP contribution in [0.1, 0.15) is 19.8 Å². The van der Waals surface area contributed by atoms with E-state index in [1.807, 2.05) is 18.3 Å². The highest BCUT2D eigenvalue weighted by atomic mass is 15.2. The smallest absolute Gasteiger partial charge is 0.157 e. The molecule has 0 saturated heterocycles. The summed E-state index contributed by atoms with van der Waals surface area (Å²) in [5.74, 6) is 1.55. The first-order chi connectivity index (χ1) is 8.21. The van der Waals surface area contributed by atoms with Gasteiger partial charge in [-0.15, -0.1) is 0 Å². The van der Waals surface area contributed by atoms with Crippen LogP contribution in [0.4, 0.5) is 5.82 Å². The number of nitrogens with zero attached hydrogens (tertiary/aromatic N) is 3. The number of hydrogen-bond acceptors (Lipinski definition) is 4. The summed E-state index contributed by atoms with van der Waals surface area (Å²) in [5.41, 5.74) is 6.70. The van der Waals surface area contributed by atoms with Gasteiger partial charge in [-0.05, 0) is 31.7 Å². The summed E-state index contributed by atoms with van der Waals surface area (Å²) in [7, 11) is 0. The molecule has 3 rings (SSSR count). The first kappa shape index (κ1) is 10.5. The van der Waals surface area contributed by atoms with E-state index >= 15 is 0 Å². The summed E-state index contributed by atoms with van der Waals surface area (Å²) < 4.78 is 1.75. The van der Waals surface area contributed by atoms with Crippen molar-refractivity contribution in [1.82, 2.24) is 14.6 Å². The van der Waals surface area contributed by atoms with E-state index in [1.165, 1.54) is 12.8 Å². The van der Waals surface area contributed by atoms with Gasteiger partial charge in [-0.2, -0.15) is 5.10 Å². The van der Waals surface area contributed by atoms with Crippen LogP contribution in [0.3, 0.4) is 0 Å². The number of aromatic nitrogens is 3. The highest BCUT2D eigenvalue weighted by Gasteiger charge is 2.40. The molecule has 17 heavy (non-hydrogen) atoms. The zero-order valence-corrected chi connectivity index (χ0v) is 9.93. The van der Waals surface area contributed by atoms with E-state index in [1.54, 1.807) is 10.7 Å². The van der Waals surface area contributed by atoms with Crippen LogP contribution < -0.4 is 11.1 Å². The van der Waals surface area contributed by atoms with Gasteiger partial charge < -0.3 is 11.1 Å². The lowest BCUT2D eigenvalue weighted by Gasteiger charge is -2.30. The quantitative estimate of drug-likeness (QED) is 0.831. The Kier molecular flexibility index (Phi) is 2.29. The number of hydrogen-bond donors (Lipinski definition) is 2. The standard InChI is InChI=1S/C12H17N5/c1-12(8-13,9-2-3-9)16-10-5-7-17-11(15-10)4-6-14-17/h4-7,9H,2-3,8,13H2,1H3,(H,15,16). The number of rotatable bonds is 4. The molecular weight excluding hydrogens is 214 g/mol. The maximum Gasteiger partial charge on any atom is 0.157 e. The molecule has 1 atom stereocenters. The molecule has 1 aliphatic carbocycles.